The molecule has 0 spiro atoms. The van der Waals surface area contributed by atoms with Crippen LogP contribution in [-0.2, 0) is 9.47 Å². The highest BCUT2D eigenvalue weighted by Crippen LogP contribution is 2.34. The normalized spacial score (nSPS) is 16.7. The number of hydrogen-bond donors (Lipinski definition) is 0. The molecular formula is C19H24N2O3. The van der Waals surface area contributed by atoms with E-state index in [2.05, 4.69) is 11.0 Å². The summed E-state index contributed by atoms with van der Waals surface area (Å²) >= 11 is 0. The summed E-state index contributed by atoms with van der Waals surface area (Å²) in [6.07, 6.45) is 2.73. The molecule has 1 unspecified atom stereocenters. The molecule has 1 atom stereocenters. The number of methoxy groups -OCH3 is 1. The number of nitrogens with zero attached hydrogens (tertiary/aromatic N) is 2. The van der Waals surface area contributed by atoms with E-state index in [1.165, 1.54) is 0 Å². The first kappa shape index (κ1) is 17.9. The molecule has 1 aliphatic rings. The second-order valence-corrected chi connectivity index (χ2v) is 5.87. The molecule has 0 N–H and O–H groups in total. The summed E-state index contributed by atoms with van der Waals surface area (Å²) in [5, 5.41) is 9.30. The second-order valence-electron chi connectivity index (χ2n) is 5.87. The molecule has 1 aliphatic carbocycles. The van der Waals surface area contributed by atoms with E-state index in [1.807, 2.05) is 19.2 Å². The maximum atomic E-state index is 11.7. The van der Waals surface area contributed by atoms with E-state index in [4.69, 9.17) is 9.47 Å². The number of ether oxygens (including phenoxy) is 2. The first-order chi connectivity index (χ1) is 11.6. The summed E-state index contributed by atoms with van der Waals surface area (Å²) in [6, 6.07) is 9.70. The van der Waals surface area contributed by atoms with Gasteiger partial charge in [0.1, 0.15) is 5.76 Å². The van der Waals surface area contributed by atoms with Crippen molar-refractivity contribution in [2.45, 2.75) is 26.2 Å². The van der Waals surface area contributed by atoms with Gasteiger partial charge in [0, 0.05) is 25.7 Å². The molecule has 24 heavy (non-hydrogen) atoms. The van der Waals surface area contributed by atoms with Crippen molar-refractivity contribution in [2.75, 3.05) is 32.2 Å². The molecule has 0 amide bonds. The molecule has 128 valence electrons. The minimum absolute atomic E-state index is 0.270. The van der Waals surface area contributed by atoms with Gasteiger partial charge in [0.05, 0.1) is 30.9 Å². The van der Waals surface area contributed by atoms with E-state index < -0.39 is 0 Å². The summed E-state index contributed by atoms with van der Waals surface area (Å²) in [5.41, 5.74) is 2.39. The van der Waals surface area contributed by atoms with Crippen molar-refractivity contribution in [3.63, 3.8) is 0 Å². The highest BCUT2D eigenvalue weighted by Gasteiger charge is 2.26. The van der Waals surface area contributed by atoms with Crippen molar-refractivity contribution in [1.29, 1.82) is 5.26 Å². The molecule has 1 aromatic carbocycles. The van der Waals surface area contributed by atoms with Gasteiger partial charge in [0.2, 0.25) is 0 Å². The number of hydrogen-bond acceptors (Lipinski definition) is 5. The first-order valence-corrected chi connectivity index (χ1v) is 8.26. The SMILES string of the molecule is CCOC(=O)c1ccc(N(C)CCC2CCC(OC)=C2C#N)cc1. The van der Waals surface area contributed by atoms with E-state index in [9.17, 15) is 10.1 Å². The second kappa shape index (κ2) is 8.39. The van der Waals surface area contributed by atoms with E-state index in [1.54, 1.807) is 26.2 Å². The minimum Gasteiger partial charge on any atom is -0.500 e. The standard InChI is InChI=1S/C19H24N2O3/c1-4-24-19(22)15-5-8-16(9-6-15)21(2)12-11-14-7-10-18(23-3)17(14)13-20/h5-6,8-9,14H,4,7,10-12H2,1-3H3. The van der Waals surface area contributed by atoms with E-state index in [-0.39, 0.29) is 11.9 Å². The first-order valence-electron chi connectivity index (χ1n) is 8.26. The fourth-order valence-corrected chi connectivity index (χ4v) is 3.01. The van der Waals surface area contributed by atoms with E-state index in [0.29, 0.717) is 12.2 Å². The smallest absolute Gasteiger partial charge is 0.338 e. The number of nitriles is 1. The van der Waals surface area contributed by atoms with E-state index >= 15 is 0 Å². The van der Waals surface area contributed by atoms with Gasteiger partial charge in [0.15, 0.2) is 0 Å². The van der Waals surface area contributed by atoms with Crippen LogP contribution in [0.1, 0.15) is 36.5 Å². The Morgan fingerprint density at radius 2 is 2.08 bits per heavy atom. The van der Waals surface area contributed by atoms with Gasteiger partial charge in [-0.3, -0.25) is 0 Å². The van der Waals surface area contributed by atoms with Crippen LogP contribution in [0.25, 0.3) is 0 Å². The van der Waals surface area contributed by atoms with Crippen LogP contribution < -0.4 is 4.90 Å². The molecular weight excluding hydrogens is 304 g/mol. The number of anilines is 1. The molecule has 5 heteroatoms. The fourth-order valence-electron chi connectivity index (χ4n) is 3.01. The van der Waals surface area contributed by atoms with Gasteiger partial charge in [-0.2, -0.15) is 5.26 Å². The molecule has 0 saturated carbocycles. The van der Waals surface area contributed by atoms with Gasteiger partial charge < -0.3 is 14.4 Å². The zero-order valence-electron chi connectivity index (χ0n) is 14.5. The molecule has 0 heterocycles. The molecule has 0 bridgehead atoms. The van der Waals surface area contributed by atoms with Crippen LogP contribution in [-0.4, -0.2) is 33.3 Å². The summed E-state index contributed by atoms with van der Waals surface area (Å²) in [6.45, 7) is 3.01. The Balaban J connectivity index is 1.94. The van der Waals surface area contributed by atoms with Crippen LogP contribution in [0, 0.1) is 17.2 Å². The van der Waals surface area contributed by atoms with Gasteiger partial charge in [-0.15, -0.1) is 0 Å². The quantitative estimate of drug-likeness (QED) is 0.717. The van der Waals surface area contributed by atoms with Crippen molar-refractivity contribution in [1.82, 2.24) is 0 Å². The third-order valence-corrected chi connectivity index (χ3v) is 4.43. The Morgan fingerprint density at radius 3 is 2.67 bits per heavy atom. The highest BCUT2D eigenvalue weighted by atomic mass is 16.5. The lowest BCUT2D eigenvalue weighted by molar-refractivity contribution is 0.0526. The number of rotatable bonds is 7. The predicted octanol–water partition coefficient (Wildman–Crippen LogP) is 3.52. The Hall–Kier alpha value is -2.48. The molecule has 0 aromatic heterocycles. The zero-order chi connectivity index (χ0) is 17.5. The summed E-state index contributed by atoms with van der Waals surface area (Å²) in [5.74, 6) is 0.809. The Kier molecular flexibility index (Phi) is 6.25. The summed E-state index contributed by atoms with van der Waals surface area (Å²) in [7, 11) is 3.65. The summed E-state index contributed by atoms with van der Waals surface area (Å²) in [4.78, 5) is 13.8. The van der Waals surface area contributed by atoms with Gasteiger partial charge in [-0.1, -0.05) is 0 Å². The monoisotopic (exact) mass is 328 g/mol. The fraction of sp³-hybridized carbons (Fsp3) is 0.474. The van der Waals surface area contributed by atoms with Crippen molar-refractivity contribution in [2.24, 2.45) is 5.92 Å². The van der Waals surface area contributed by atoms with Gasteiger partial charge in [-0.25, -0.2) is 4.79 Å². The maximum Gasteiger partial charge on any atom is 0.338 e. The lowest BCUT2D eigenvalue weighted by Gasteiger charge is -2.21. The zero-order valence-corrected chi connectivity index (χ0v) is 14.5. The van der Waals surface area contributed by atoms with Crippen LogP contribution in [0.15, 0.2) is 35.6 Å². The topological polar surface area (TPSA) is 62.6 Å². The van der Waals surface area contributed by atoms with Crippen molar-refractivity contribution >= 4 is 11.7 Å². The van der Waals surface area contributed by atoms with Crippen LogP contribution >= 0.6 is 0 Å². The van der Waals surface area contributed by atoms with Gasteiger partial charge in [-0.05, 0) is 49.9 Å². The molecule has 5 nitrogen and oxygen atoms in total. The third kappa shape index (κ3) is 4.08. The van der Waals surface area contributed by atoms with Crippen molar-refractivity contribution < 1.29 is 14.3 Å². The lowest BCUT2D eigenvalue weighted by Crippen LogP contribution is -2.21. The molecule has 0 radical (unpaired) electrons. The largest absolute Gasteiger partial charge is 0.500 e. The van der Waals surface area contributed by atoms with Crippen LogP contribution in [0.3, 0.4) is 0 Å². The number of carbonyl (C=O) groups excluding carboxylic acids is 1. The van der Waals surface area contributed by atoms with Crippen molar-refractivity contribution in [3.05, 3.63) is 41.2 Å². The summed E-state index contributed by atoms with van der Waals surface area (Å²) < 4.78 is 10.3. The Bertz CT molecular complexity index is 644. The number of allylic oxidation sites excluding steroid dienone is 2. The Morgan fingerprint density at radius 1 is 1.38 bits per heavy atom. The molecule has 2 rings (SSSR count). The van der Waals surface area contributed by atoms with Crippen molar-refractivity contribution in [3.8, 4) is 6.07 Å². The van der Waals surface area contributed by atoms with Crippen LogP contribution in [0.4, 0.5) is 5.69 Å². The highest BCUT2D eigenvalue weighted by molar-refractivity contribution is 5.89. The number of benzene rings is 1. The molecule has 0 aliphatic heterocycles. The average Bonchev–Trinajstić information content (AvgIpc) is 3.02. The van der Waals surface area contributed by atoms with Gasteiger partial charge in [0.25, 0.3) is 0 Å². The Labute approximate surface area is 143 Å². The van der Waals surface area contributed by atoms with Gasteiger partial charge >= 0.3 is 5.97 Å². The number of carbonyl (C=O) groups is 1. The average molecular weight is 328 g/mol. The molecule has 0 fully saturated rings. The van der Waals surface area contributed by atoms with Crippen LogP contribution in [0.5, 0.6) is 0 Å². The third-order valence-electron chi connectivity index (χ3n) is 4.43. The number of esters is 1. The minimum atomic E-state index is -0.298. The molecule has 0 saturated heterocycles. The lowest BCUT2D eigenvalue weighted by atomic mass is 9.98. The van der Waals surface area contributed by atoms with Crippen LogP contribution in [0.2, 0.25) is 0 Å². The predicted molar refractivity (Wildman–Crippen MR) is 92.7 cm³/mol. The molecule has 1 aromatic rings. The maximum absolute atomic E-state index is 11.7. The van der Waals surface area contributed by atoms with E-state index in [0.717, 1.165) is 42.8 Å².